The Kier molecular flexibility index (Phi) is 4.76. The minimum atomic E-state index is 0.00407. The third-order valence-electron chi connectivity index (χ3n) is 4.61. The molecule has 1 N–H and O–H groups in total. The van der Waals surface area contributed by atoms with Crippen LogP contribution in [-0.2, 0) is 13.2 Å². The third kappa shape index (κ3) is 3.57. The lowest BCUT2D eigenvalue weighted by Gasteiger charge is -2.32. The first kappa shape index (κ1) is 16.2. The van der Waals surface area contributed by atoms with E-state index < -0.39 is 0 Å². The van der Waals surface area contributed by atoms with Gasteiger partial charge in [-0.15, -0.1) is 11.3 Å². The van der Waals surface area contributed by atoms with Gasteiger partial charge in [0.2, 0.25) is 0 Å². The number of hydrogen-bond acceptors (Lipinski definition) is 6. The van der Waals surface area contributed by atoms with E-state index in [-0.39, 0.29) is 6.61 Å². The highest BCUT2D eigenvalue weighted by atomic mass is 32.1. The summed E-state index contributed by atoms with van der Waals surface area (Å²) in [6.45, 7) is 2.76. The highest BCUT2D eigenvalue weighted by Gasteiger charge is 2.26. The molecule has 1 atom stereocenters. The lowest BCUT2D eigenvalue weighted by molar-refractivity contribution is 0.277. The molecule has 0 aromatic carbocycles. The summed E-state index contributed by atoms with van der Waals surface area (Å²) < 4.78 is 2.24. The quantitative estimate of drug-likeness (QED) is 0.762. The van der Waals surface area contributed by atoms with Crippen molar-refractivity contribution in [3.05, 3.63) is 59.4 Å². The normalized spacial score (nSPS) is 17.8. The summed E-state index contributed by atoms with van der Waals surface area (Å²) in [6, 6.07) is 4.09. The van der Waals surface area contributed by atoms with Crippen LogP contribution in [-0.4, -0.2) is 37.7 Å². The predicted octanol–water partition coefficient (Wildman–Crippen LogP) is 2.66. The standard InChI is InChI=1S/C18H21N5OS/c24-12-16-13-25-18(21-16)23-8-1-2-15(11-23)17-20-7-9-22(17)10-14-3-5-19-6-4-14/h3-7,9,13,15,24H,1-2,8,10-12H2. The molecule has 7 heteroatoms. The Bertz CT molecular complexity index is 816. The number of aromatic nitrogens is 4. The fourth-order valence-corrected chi connectivity index (χ4v) is 4.23. The summed E-state index contributed by atoms with van der Waals surface area (Å²) in [6.07, 6.45) is 9.87. The summed E-state index contributed by atoms with van der Waals surface area (Å²) in [5.74, 6) is 1.53. The highest BCUT2D eigenvalue weighted by molar-refractivity contribution is 7.13. The number of thiazole rings is 1. The Morgan fingerprint density at radius 1 is 1.24 bits per heavy atom. The van der Waals surface area contributed by atoms with Crippen LogP contribution in [0.3, 0.4) is 0 Å². The van der Waals surface area contributed by atoms with Crippen LogP contribution in [0.5, 0.6) is 0 Å². The van der Waals surface area contributed by atoms with E-state index in [0.717, 1.165) is 49.1 Å². The van der Waals surface area contributed by atoms with Crippen molar-refractivity contribution in [2.75, 3.05) is 18.0 Å². The van der Waals surface area contributed by atoms with Gasteiger partial charge in [0.25, 0.3) is 0 Å². The van der Waals surface area contributed by atoms with Crippen LogP contribution in [0, 0.1) is 0 Å². The first-order valence-corrected chi connectivity index (χ1v) is 9.41. The van der Waals surface area contributed by atoms with Gasteiger partial charge in [0.05, 0.1) is 12.3 Å². The van der Waals surface area contributed by atoms with Gasteiger partial charge in [0.15, 0.2) is 5.13 Å². The van der Waals surface area contributed by atoms with Crippen LogP contribution in [0.1, 0.15) is 35.8 Å². The maximum absolute atomic E-state index is 9.24. The fourth-order valence-electron chi connectivity index (χ4n) is 3.37. The Labute approximate surface area is 150 Å². The summed E-state index contributed by atoms with van der Waals surface area (Å²) in [4.78, 5) is 15.6. The molecule has 0 saturated carbocycles. The zero-order valence-electron chi connectivity index (χ0n) is 14.0. The fraction of sp³-hybridized carbons (Fsp3) is 0.389. The van der Waals surface area contributed by atoms with Crippen LogP contribution >= 0.6 is 11.3 Å². The Morgan fingerprint density at radius 2 is 2.12 bits per heavy atom. The summed E-state index contributed by atoms with van der Waals surface area (Å²) in [5, 5.41) is 12.2. The number of imidazole rings is 1. The zero-order chi connectivity index (χ0) is 17.1. The molecule has 1 aliphatic heterocycles. The van der Waals surface area contributed by atoms with Gasteiger partial charge in [0, 0.05) is 55.7 Å². The molecule has 1 unspecified atom stereocenters. The average molecular weight is 355 g/mol. The van der Waals surface area contributed by atoms with Crippen molar-refractivity contribution in [3.63, 3.8) is 0 Å². The summed E-state index contributed by atoms with van der Waals surface area (Å²) in [5.41, 5.74) is 1.98. The van der Waals surface area contributed by atoms with Gasteiger partial charge in [-0.3, -0.25) is 4.98 Å². The molecule has 3 aromatic heterocycles. The molecule has 1 saturated heterocycles. The van der Waals surface area contributed by atoms with E-state index in [1.165, 1.54) is 5.56 Å². The van der Waals surface area contributed by atoms with Crippen LogP contribution in [0.4, 0.5) is 5.13 Å². The van der Waals surface area contributed by atoms with Crippen molar-refractivity contribution < 1.29 is 5.11 Å². The first-order valence-electron chi connectivity index (χ1n) is 8.53. The van der Waals surface area contributed by atoms with Crippen molar-refractivity contribution in [1.29, 1.82) is 0 Å². The molecule has 130 valence electrons. The molecular weight excluding hydrogens is 334 g/mol. The minimum Gasteiger partial charge on any atom is -0.390 e. The largest absolute Gasteiger partial charge is 0.390 e. The number of aliphatic hydroxyl groups is 1. The topological polar surface area (TPSA) is 67.1 Å². The lowest BCUT2D eigenvalue weighted by atomic mass is 9.97. The molecule has 0 spiro atoms. The van der Waals surface area contributed by atoms with E-state index in [0.29, 0.717) is 5.92 Å². The molecule has 4 heterocycles. The van der Waals surface area contributed by atoms with Crippen LogP contribution in [0.15, 0.2) is 42.3 Å². The number of anilines is 1. The van der Waals surface area contributed by atoms with Gasteiger partial charge in [-0.2, -0.15) is 0 Å². The zero-order valence-corrected chi connectivity index (χ0v) is 14.8. The second-order valence-corrected chi connectivity index (χ2v) is 7.17. The maximum atomic E-state index is 9.24. The van der Waals surface area contributed by atoms with E-state index in [1.54, 1.807) is 11.3 Å². The van der Waals surface area contributed by atoms with Crippen molar-refractivity contribution >= 4 is 16.5 Å². The minimum absolute atomic E-state index is 0.00407. The smallest absolute Gasteiger partial charge is 0.185 e. The molecule has 0 amide bonds. The van der Waals surface area contributed by atoms with Gasteiger partial charge in [-0.1, -0.05) is 0 Å². The van der Waals surface area contributed by atoms with Crippen molar-refractivity contribution in [2.24, 2.45) is 0 Å². The molecular formula is C18H21N5OS. The number of aliphatic hydroxyl groups excluding tert-OH is 1. The summed E-state index contributed by atoms with van der Waals surface area (Å²) in [7, 11) is 0. The predicted molar refractivity (Wildman–Crippen MR) is 97.8 cm³/mol. The van der Waals surface area contributed by atoms with E-state index >= 15 is 0 Å². The molecule has 6 nitrogen and oxygen atoms in total. The number of pyridine rings is 1. The van der Waals surface area contributed by atoms with E-state index in [1.807, 2.05) is 36.1 Å². The van der Waals surface area contributed by atoms with Crippen LogP contribution < -0.4 is 4.90 Å². The van der Waals surface area contributed by atoms with Crippen molar-refractivity contribution in [1.82, 2.24) is 19.5 Å². The lowest BCUT2D eigenvalue weighted by Crippen LogP contribution is -2.35. The van der Waals surface area contributed by atoms with Gasteiger partial charge in [-0.25, -0.2) is 9.97 Å². The summed E-state index contributed by atoms with van der Waals surface area (Å²) >= 11 is 1.61. The molecule has 25 heavy (non-hydrogen) atoms. The van der Waals surface area contributed by atoms with Gasteiger partial charge in [-0.05, 0) is 30.5 Å². The first-order chi connectivity index (χ1) is 12.3. The third-order valence-corrected chi connectivity index (χ3v) is 5.56. The Morgan fingerprint density at radius 3 is 2.92 bits per heavy atom. The molecule has 0 aliphatic carbocycles. The molecule has 1 aliphatic rings. The Hall–Kier alpha value is -2.25. The number of hydrogen-bond donors (Lipinski definition) is 1. The van der Waals surface area contributed by atoms with E-state index in [9.17, 15) is 5.11 Å². The molecule has 3 aromatic rings. The SMILES string of the molecule is OCc1csc(N2CCCC(c3nccn3Cc3ccncc3)C2)n1. The van der Waals surface area contributed by atoms with Crippen LogP contribution in [0.2, 0.25) is 0 Å². The highest BCUT2D eigenvalue weighted by Crippen LogP contribution is 2.31. The van der Waals surface area contributed by atoms with E-state index in [2.05, 4.69) is 30.6 Å². The van der Waals surface area contributed by atoms with Crippen LogP contribution in [0.25, 0.3) is 0 Å². The van der Waals surface area contributed by atoms with Crippen molar-refractivity contribution in [3.8, 4) is 0 Å². The van der Waals surface area contributed by atoms with Gasteiger partial charge >= 0.3 is 0 Å². The number of rotatable bonds is 5. The second-order valence-electron chi connectivity index (χ2n) is 6.33. The number of nitrogens with zero attached hydrogens (tertiary/aromatic N) is 5. The molecule has 1 fully saturated rings. The molecule has 0 bridgehead atoms. The molecule has 0 radical (unpaired) electrons. The maximum Gasteiger partial charge on any atom is 0.185 e. The van der Waals surface area contributed by atoms with Gasteiger partial charge in [0.1, 0.15) is 5.82 Å². The monoisotopic (exact) mass is 355 g/mol. The second kappa shape index (κ2) is 7.33. The van der Waals surface area contributed by atoms with Gasteiger partial charge < -0.3 is 14.6 Å². The van der Waals surface area contributed by atoms with Crippen molar-refractivity contribution in [2.45, 2.75) is 31.9 Å². The van der Waals surface area contributed by atoms with E-state index in [4.69, 9.17) is 0 Å². The molecule has 4 rings (SSSR count). The number of piperidine rings is 1. The Balaban J connectivity index is 1.51. The average Bonchev–Trinajstić information content (AvgIpc) is 3.32.